The van der Waals surface area contributed by atoms with Gasteiger partial charge in [0.25, 0.3) is 0 Å². The first kappa shape index (κ1) is 26.7. The van der Waals surface area contributed by atoms with E-state index in [9.17, 15) is 9.59 Å². The molecule has 0 aromatic heterocycles. The molecule has 1 aromatic carbocycles. The molecule has 1 aromatic rings. The molecular weight excluding hydrogens is 450 g/mol. The molecule has 2 saturated heterocycles. The van der Waals surface area contributed by atoms with Gasteiger partial charge in [-0.05, 0) is 64.1 Å². The van der Waals surface area contributed by atoms with Gasteiger partial charge in [0, 0.05) is 37.6 Å². The molecule has 192 valence electrons. The number of carbonyl (C=O) groups excluding carboxylic acids is 2. The number of carbonyl (C=O) groups is 4. The third kappa shape index (κ3) is 6.01. The Hall–Kier alpha value is -2.94. The maximum absolute atomic E-state index is 13.2. The number of likely N-dealkylation sites (N-methyl/N-ethyl adjacent to an activating group) is 1. The van der Waals surface area contributed by atoms with Gasteiger partial charge in [0.1, 0.15) is 0 Å². The molecule has 1 aliphatic carbocycles. The highest BCUT2D eigenvalue weighted by Gasteiger charge is 2.48. The van der Waals surface area contributed by atoms with E-state index in [2.05, 4.69) is 47.9 Å². The number of aliphatic carboxylic acids is 2. The minimum absolute atomic E-state index is 0.00127. The molecule has 1 atom stereocenters. The van der Waals surface area contributed by atoms with Crippen molar-refractivity contribution in [3.05, 3.63) is 35.4 Å². The van der Waals surface area contributed by atoms with Crippen molar-refractivity contribution < 1.29 is 29.4 Å². The van der Waals surface area contributed by atoms with Crippen molar-refractivity contribution >= 4 is 23.8 Å². The van der Waals surface area contributed by atoms with Gasteiger partial charge in [0.2, 0.25) is 11.8 Å². The summed E-state index contributed by atoms with van der Waals surface area (Å²) in [6.07, 6.45) is 5.10. The van der Waals surface area contributed by atoms with E-state index in [1.54, 1.807) is 0 Å². The molecular formula is C26H37N3O6. The highest BCUT2D eigenvalue weighted by molar-refractivity contribution is 6.27. The fourth-order valence-corrected chi connectivity index (χ4v) is 5.43. The Kier molecular flexibility index (Phi) is 8.53. The molecule has 1 spiro atoms. The number of amides is 2. The Morgan fingerprint density at radius 2 is 1.54 bits per heavy atom. The van der Waals surface area contributed by atoms with E-state index >= 15 is 0 Å². The average Bonchev–Trinajstić information content (AvgIpc) is 3.47. The first-order chi connectivity index (χ1) is 16.6. The zero-order valence-electron chi connectivity index (χ0n) is 20.9. The number of hydrogen-bond acceptors (Lipinski definition) is 5. The van der Waals surface area contributed by atoms with E-state index in [0.29, 0.717) is 18.5 Å². The van der Waals surface area contributed by atoms with E-state index in [-0.39, 0.29) is 17.2 Å². The van der Waals surface area contributed by atoms with E-state index in [4.69, 9.17) is 19.8 Å². The smallest absolute Gasteiger partial charge is 0.414 e. The SMILES string of the molecule is CC(C)N(C)CC(=O)N1CCC2(CC1)CC(C(=O)N1CCCC1)c1ccccc12.O=C(O)C(=O)O. The van der Waals surface area contributed by atoms with Gasteiger partial charge in [-0.25, -0.2) is 9.59 Å². The molecule has 9 nitrogen and oxygen atoms in total. The molecule has 1 unspecified atom stereocenters. The lowest BCUT2D eigenvalue weighted by molar-refractivity contribution is -0.159. The van der Waals surface area contributed by atoms with Gasteiger partial charge >= 0.3 is 11.9 Å². The molecule has 2 fully saturated rings. The number of fused-ring (bicyclic) bond motifs is 2. The molecule has 0 saturated carbocycles. The quantitative estimate of drug-likeness (QED) is 0.625. The number of nitrogens with zero attached hydrogens (tertiary/aromatic N) is 3. The normalized spacial score (nSPS) is 20.5. The van der Waals surface area contributed by atoms with Crippen molar-refractivity contribution in [2.45, 2.75) is 63.3 Å². The number of carboxylic acids is 2. The molecule has 0 radical (unpaired) electrons. The largest absolute Gasteiger partial charge is 0.473 e. The van der Waals surface area contributed by atoms with Crippen molar-refractivity contribution in [1.82, 2.24) is 14.7 Å². The van der Waals surface area contributed by atoms with E-state index < -0.39 is 11.9 Å². The fourth-order valence-electron chi connectivity index (χ4n) is 5.43. The number of carboxylic acid groups (broad SMARTS) is 2. The van der Waals surface area contributed by atoms with Crippen LogP contribution in [0.3, 0.4) is 0 Å². The van der Waals surface area contributed by atoms with Crippen molar-refractivity contribution in [3.8, 4) is 0 Å². The van der Waals surface area contributed by atoms with Crippen molar-refractivity contribution in [3.63, 3.8) is 0 Å². The zero-order valence-corrected chi connectivity index (χ0v) is 20.9. The van der Waals surface area contributed by atoms with Crippen LogP contribution in [0.15, 0.2) is 24.3 Å². The van der Waals surface area contributed by atoms with Crippen molar-refractivity contribution in [2.75, 3.05) is 39.8 Å². The molecule has 4 rings (SSSR count). The third-order valence-corrected chi connectivity index (χ3v) is 7.74. The molecule has 2 heterocycles. The highest BCUT2D eigenvalue weighted by Crippen LogP contribution is 2.52. The lowest BCUT2D eigenvalue weighted by atomic mass is 9.73. The topological polar surface area (TPSA) is 118 Å². The molecule has 0 bridgehead atoms. The van der Waals surface area contributed by atoms with Crippen molar-refractivity contribution in [2.24, 2.45) is 0 Å². The lowest BCUT2D eigenvalue weighted by Crippen LogP contribution is -2.48. The van der Waals surface area contributed by atoms with Crippen LogP contribution in [0.25, 0.3) is 0 Å². The van der Waals surface area contributed by atoms with Crippen LogP contribution in [0.4, 0.5) is 0 Å². The van der Waals surface area contributed by atoms with Crippen LogP contribution in [0.5, 0.6) is 0 Å². The summed E-state index contributed by atoms with van der Waals surface area (Å²) in [5.74, 6) is -3.10. The summed E-state index contributed by atoms with van der Waals surface area (Å²) in [5.41, 5.74) is 2.66. The maximum Gasteiger partial charge on any atom is 0.414 e. The number of rotatable bonds is 4. The van der Waals surface area contributed by atoms with Crippen LogP contribution < -0.4 is 0 Å². The van der Waals surface area contributed by atoms with Gasteiger partial charge in [-0.3, -0.25) is 14.5 Å². The molecule has 2 N–H and O–H groups in total. The van der Waals surface area contributed by atoms with Gasteiger partial charge in [0.05, 0.1) is 12.5 Å². The van der Waals surface area contributed by atoms with E-state index in [0.717, 1.165) is 58.3 Å². The van der Waals surface area contributed by atoms with Crippen LogP contribution in [0.2, 0.25) is 0 Å². The summed E-state index contributed by atoms with van der Waals surface area (Å²) < 4.78 is 0. The summed E-state index contributed by atoms with van der Waals surface area (Å²) in [4.78, 5) is 50.4. The molecule has 35 heavy (non-hydrogen) atoms. The Morgan fingerprint density at radius 1 is 0.971 bits per heavy atom. The van der Waals surface area contributed by atoms with Gasteiger partial charge in [-0.1, -0.05) is 24.3 Å². The number of hydrogen-bond donors (Lipinski definition) is 2. The lowest BCUT2D eigenvalue weighted by Gasteiger charge is -2.41. The summed E-state index contributed by atoms with van der Waals surface area (Å²) >= 11 is 0. The molecule has 2 aliphatic heterocycles. The van der Waals surface area contributed by atoms with Crippen LogP contribution in [-0.4, -0.2) is 94.5 Å². The van der Waals surface area contributed by atoms with Gasteiger partial charge in [0.15, 0.2) is 0 Å². The van der Waals surface area contributed by atoms with Gasteiger partial charge < -0.3 is 20.0 Å². The van der Waals surface area contributed by atoms with Crippen LogP contribution in [0, 0.1) is 0 Å². The first-order valence-electron chi connectivity index (χ1n) is 12.4. The Morgan fingerprint density at radius 3 is 2.09 bits per heavy atom. The standard InChI is InChI=1S/C24H35N3O2.C2H2O4/c1-18(2)25(3)17-22(28)26-14-10-24(11-15-26)16-20(19-8-4-5-9-21(19)24)23(29)27-12-6-7-13-27;3-1(4)2(5)6/h4-5,8-9,18,20H,6-7,10-17H2,1-3H3;(H,3,4)(H,5,6). The summed E-state index contributed by atoms with van der Waals surface area (Å²) in [5, 5.41) is 14.8. The summed E-state index contributed by atoms with van der Waals surface area (Å²) in [6.45, 7) is 8.13. The second kappa shape index (κ2) is 11.2. The van der Waals surface area contributed by atoms with E-state index in [1.807, 2.05) is 11.9 Å². The monoisotopic (exact) mass is 487 g/mol. The Labute approximate surface area is 206 Å². The summed E-state index contributed by atoms with van der Waals surface area (Å²) in [7, 11) is 2.01. The van der Waals surface area contributed by atoms with Crippen LogP contribution in [-0.2, 0) is 24.6 Å². The van der Waals surface area contributed by atoms with Gasteiger partial charge in [-0.2, -0.15) is 0 Å². The second-order valence-electron chi connectivity index (χ2n) is 10.2. The second-order valence-corrected chi connectivity index (χ2v) is 10.2. The van der Waals surface area contributed by atoms with Crippen LogP contribution in [0.1, 0.15) is 63.0 Å². The molecule has 2 amide bonds. The predicted octanol–water partition coefficient (Wildman–Crippen LogP) is 2.15. The maximum atomic E-state index is 13.2. The minimum atomic E-state index is -1.82. The Balaban J connectivity index is 0.000000509. The highest BCUT2D eigenvalue weighted by atomic mass is 16.4. The number of piperidine rings is 1. The third-order valence-electron chi connectivity index (χ3n) is 7.74. The van der Waals surface area contributed by atoms with Gasteiger partial charge in [-0.15, -0.1) is 0 Å². The van der Waals surface area contributed by atoms with Crippen LogP contribution >= 0.6 is 0 Å². The predicted molar refractivity (Wildman–Crippen MR) is 130 cm³/mol. The number of likely N-dealkylation sites (tertiary alicyclic amines) is 2. The molecule has 3 aliphatic rings. The number of benzene rings is 1. The first-order valence-corrected chi connectivity index (χ1v) is 12.4. The van der Waals surface area contributed by atoms with Crippen molar-refractivity contribution in [1.29, 1.82) is 0 Å². The molecule has 9 heteroatoms. The zero-order chi connectivity index (χ0) is 25.8. The fraction of sp³-hybridized carbons (Fsp3) is 0.615. The van der Waals surface area contributed by atoms with E-state index in [1.165, 1.54) is 11.1 Å². The minimum Gasteiger partial charge on any atom is -0.473 e. The average molecular weight is 488 g/mol. The summed E-state index contributed by atoms with van der Waals surface area (Å²) in [6, 6.07) is 8.95. The Bertz CT molecular complexity index is 936.